The second kappa shape index (κ2) is 11.0. The van der Waals surface area contributed by atoms with Gasteiger partial charge in [-0.15, -0.1) is 0 Å². The summed E-state index contributed by atoms with van der Waals surface area (Å²) in [5.74, 6) is -0.0765. The second-order valence-corrected chi connectivity index (χ2v) is 8.21. The Labute approximate surface area is 211 Å². The second-order valence-electron chi connectivity index (χ2n) is 8.21. The number of amides is 1. The van der Waals surface area contributed by atoms with Gasteiger partial charge in [0.05, 0.1) is 23.1 Å². The molecule has 3 N–H and O–H groups in total. The van der Waals surface area contributed by atoms with Gasteiger partial charge < -0.3 is 11.1 Å². The predicted octanol–water partition coefficient (Wildman–Crippen LogP) is 6.52. The zero-order valence-electron chi connectivity index (χ0n) is 19.8. The molecule has 0 aliphatic carbocycles. The average Bonchev–Trinajstić information content (AvgIpc) is 2.91. The van der Waals surface area contributed by atoms with Crippen molar-refractivity contribution in [1.29, 1.82) is 0 Å². The van der Waals surface area contributed by atoms with Crippen LogP contribution in [0.3, 0.4) is 0 Å². The molecular formula is C27H23F3N6O. The van der Waals surface area contributed by atoms with Crippen molar-refractivity contribution in [1.82, 2.24) is 15.3 Å². The van der Waals surface area contributed by atoms with E-state index in [-0.39, 0.29) is 17.4 Å². The minimum atomic E-state index is -4.42. The molecule has 3 aromatic carbocycles. The van der Waals surface area contributed by atoms with Gasteiger partial charge in [-0.25, -0.2) is 9.97 Å². The van der Waals surface area contributed by atoms with Crippen molar-refractivity contribution >= 4 is 17.4 Å². The topological polar surface area (TPSA) is 106 Å². The van der Waals surface area contributed by atoms with Crippen molar-refractivity contribution in [3.05, 3.63) is 107 Å². The van der Waals surface area contributed by atoms with E-state index in [9.17, 15) is 18.0 Å². The van der Waals surface area contributed by atoms with Gasteiger partial charge in [-0.05, 0) is 48.9 Å². The van der Waals surface area contributed by atoms with Gasteiger partial charge in [0.2, 0.25) is 0 Å². The molecule has 0 spiro atoms. The number of azo groups is 1. The molecule has 0 saturated carbocycles. The fourth-order valence-electron chi connectivity index (χ4n) is 3.48. The molecule has 37 heavy (non-hydrogen) atoms. The van der Waals surface area contributed by atoms with E-state index in [1.807, 2.05) is 30.3 Å². The molecule has 4 aromatic rings. The Morgan fingerprint density at radius 1 is 1.03 bits per heavy atom. The molecule has 1 atom stereocenters. The van der Waals surface area contributed by atoms with Crippen LogP contribution in [0.4, 0.5) is 24.7 Å². The van der Waals surface area contributed by atoms with Crippen LogP contribution in [-0.2, 0) is 12.7 Å². The molecule has 0 fully saturated rings. The van der Waals surface area contributed by atoms with Crippen molar-refractivity contribution in [2.75, 3.05) is 5.73 Å². The van der Waals surface area contributed by atoms with Crippen molar-refractivity contribution in [3.63, 3.8) is 0 Å². The van der Waals surface area contributed by atoms with Gasteiger partial charge in [0.15, 0.2) is 0 Å². The smallest absolute Gasteiger partial charge is 0.382 e. The van der Waals surface area contributed by atoms with Crippen molar-refractivity contribution < 1.29 is 18.0 Å². The number of carbonyl (C=O) groups excluding carboxylic acids is 1. The highest BCUT2D eigenvalue weighted by molar-refractivity contribution is 5.95. The Morgan fingerprint density at radius 2 is 1.76 bits per heavy atom. The number of hydrogen-bond acceptors (Lipinski definition) is 6. The minimum absolute atomic E-state index is 0.152. The van der Waals surface area contributed by atoms with E-state index in [0.717, 1.165) is 17.7 Å². The Hall–Kier alpha value is -4.60. The number of hydrogen-bond donors (Lipinski definition) is 2. The molecule has 10 heteroatoms. The Kier molecular flexibility index (Phi) is 7.57. The van der Waals surface area contributed by atoms with Gasteiger partial charge in [-0.3, -0.25) is 4.79 Å². The number of carbonyl (C=O) groups is 1. The first-order valence-electron chi connectivity index (χ1n) is 11.3. The van der Waals surface area contributed by atoms with E-state index in [0.29, 0.717) is 29.1 Å². The third kappa shape index (κ3) is 6.54. The summed E-state index contributed by atoms with van der Waals surface area (Å²) in [7, 11) is 0. The van der Waals surface area contributed by atoms with Gasteiger partial charge in [-0.2, -0.15) is 23.4 Å². The molecule has 1 heterocycles. The molecule has 0 aliphatic heterocycles. The SMILES string of the molecule is CC(N=Nc1ccc(C(F)(F)F)cc1)c1nc(-c2cccc(C(=O)NCc3ccccc3)c2)cnc1N. The summed E-state index contributed by atoms with van der Waals surface area (Å²) < 4.78 is 38.2. The van der Waals surface area contributed by atoms with E-state index in [1.54, 1.807) is 31.2 Å². The number of alkyl halides is 3. The summed E-state index contributed by atoms with van der Waals surface area (Å²) in [5.41, 5.74) is 8.46. The lowest BCUT2D eigenvalue weighted by atomic mass is 10.1. The van der Waals surface area contributed by atoms with Gasteiger partial charge in [0, 0.05) is 17.7 Å². The molecule has 7 nitrogen and oxygen atoms in total. The number of halogens is 3. The maximum Gasteiger partial charge on any atom is 0.416 e. The zero-order chi connectivity index (χ0) is 26.4. The Bertz CT molecular complexity index is 1410. The van der Waals surface area contributed by atoms with E-state index in [1.165, 1.54) is 18.3 Å². The third-order valence-corrected chi connectivity index (χ3v) is 5.48. The van der Waals surface area contributed by atoms with Crippen LogP contribution < -0.4 is 11.1 Å². The van der Waals surface area contributed by atoms with E-state index >= 15 is 0 Å². The van der Waals surface area contributed by atoms with Crippen LogP contribution in [-0.4, -0.2) is 15.9 Å². The molecule has 1 aromatic heterocycles. The Morgan fingerprint density at radius 3 is 2.46 bits per heavy atom. The Balaban J connectivity index is 1.49. The van der Waals surface area contributed by atoms with Crippen LogP contribution in [0.1, 0.15) is 40.1 Å². The number of anilines is 1. The number of benzene rings is 3. The fraction of sp³-hybridized carbons (Fsp3) is 0.148. The van der Waals surface area contributed by atoms with E-state index in [4.69, 9.17) is 5.73 Å². The molecule has 0 saturated heterocycles. The summed E-state index contributed by atoms with van der Waals surface area (Å²) in [4.78, 5) is 21.5. The van der Waals surface area contributed by atoms with Crippen molar-refractivity contribution in [2.45, 2.75) is 25.7 Å². The first-order valence-corrected chi connectivity index (χ1v) is 11.3. The van der Waals surface area contributed by atoms with Crippen LogP contribution >= 0.6 is 0 Å². The maximum atomic E-state index is 12.7. The average molecular weight is 505 g/mol. The first-order chi connectivity index (χ1) is 17.7. The summed E-state index contributed by atoms with van der Waals surface area (Å²) >= 11 is 0. The predicted molar refractivity (Wildman–Crippen MR) is 134 cm³/mol. The van der Waals surface area contributed by atoms with Crippen molar-refractivity contribution in [3.8, 4) is 11.3 Å². The summed E-state index contributed by atoms with van der Waals surface area (Å²) in [6, 6.07) is 20.3. The number of nitrogen functional groups attached to an aromatic ring is 1. The lowest BCUT2D eigenvalue weighted by Gasteiger charge is -2.11. The third-order valence-electron chi connectivity index (χ3n) is 5.48. The minimum Gasteiger partial charge on any atom is -0.382 e. The molecule has 188 valence electrons. The number of nitrogens with two attached hydrogens (primary N) is 1. The molecule has 0 aliphatic rings. The highest BCUT2D eigenvalue weighted by Crippen LogP contribution is 2.31. The van der Waals surface area contributed by atoms with Gasteiger partial charge in [0.1, 0.15) is 17.6 Å². The fourth-order valence-corrected chi connectivity index (χ4v) is 3.48. The van der Waals surface area contributed by atoms with Crippen LogP contribution in [0, 0.1) is 0 Å². The molecule has 4 rings (SSSR count). The van der Waals surface area contributed by atoms with E-state index in [2.05, 4.69) is 25.5 Å². The highest BCUT2D eigenvalue weighted by Gasteiger charge is 2.29. The number of nitrogens with zero attached hydrogens (tertiary/aromatic N) is 4. The molecule has 1 unspecified atom stereocenters. The van der Waals surface area contributed by atoms with Crippen LogP contribution in [0.15, 0.2) is 95.3 Å². The van der Waals surface area contributed by atoms with Gasteiger partial charge in [-0.1, -0.05) is 42.5 Å². The summed E-state index contributed by atoms with van der Waals surface area (Å²) in [6.45, 7) is 2.10. The molecule has 1 amide bonds. The van der Waals surface area contributed by atoms with E-state index < -0.39 is 17.8 Å². The monoisotopic (exact) mass is 504 g/mol. The normalized spacial score (nSPS) is 12.4. The summed E-state index contributed by atoms with van der Waals surface area (Å²) in [5, 5.41) is 11.1. The van der Waals surface area contributed by atoms with Gasteiger partial charge >= 0.3 is 6.18 Å². The largest absolute Gasteiger partial charge is 0.416 e. The molecule has 0 bridgehead atoms. The van der Waals surface area contributed by atoms with Crippen LogP contribution in [0.2, 0.25) is 0 Å². The van der Waals surface area contributed by atoms with Crippen molar-refractivity contribution in [2.24, 2.45) is 10.2 Å². The quantitative estimate of drug-likeness (QED) is 0.280. The lowest BCUT2D eigenvalue weighted by molar-refractivity contribution is -0.137. The maximum absolute atomic E-state index is 12.7. The number of rotatable bonds is 7. The first kappa shape index (κ1) is 25.5. The molecular weight excluding hydrogens is 481 g/mol. The van der Waals surface area contributed by atoms with Crippen LogP contribution in [0.25, 0.3) is 11.3 Å². The molecule has 0 radical (unpaired) electrons. The van der Waals surface area contributed by atoms with Crippen LogP contribution in [0.5, 0.6) is 0 Å². The zero-order valence-corrected chi connectivity index (χ0v) is 19.8. The lowest BCUT2D eigenvalue weighted by Crippen LogP contribution is -2.22. The standard InChI is InChI=1S/C27H23F3N6O/c1-17(35-36-22-12-10-21(11-13-22)27(28,29)30)24-25(31)32-16-23(34-24)19-8-5-9-20(14-19)26(37)33-15-18-6-3-2-4-7-18/h2-14,16-17H,15H2,1H3,(H2,31,32)(H,33,37). The summed E-state index contributed by atoms with van der Waals surface area (Å²) in [6.07, 6.45) is -2.92. The van der Waals surface area contributed by atoms with Gasteiger partial charge in [0.25, 0.3) is 5.91 Å². The highest BCUT2D eigenvalue weighted by atomic mass is 19.4. The number of nitrogens with one attached hydrogen (secondary N) is 1. The number of aromatic nitrogens is 2.